The maximum atomic E-state index is 13.3. The summed E-state index contributed by atoms with van der Waals surface area (Å²) >= 11 is 0. The van der Waals surface area contributed by atoms with Crippen molar-refractivity contribution in [2.75, 3.05) is 10.6 Å². The first-order valence-electron chi connectivity index (χ1n) is 9.44. The fraction of sp³-hybridized carbons (Fsp3) is 0.263. The Morgan fingerprint density at radius 2 is 1.59 bits per heavy atom. The zero-order chi connectivity index (χ0) is 23.2. The summed E-state index contributed by atoms with van der Waals surface area (Å²) in [5.74, 6) is -1.18. The number of aromatic nitrogens is 7. The second-order valence-electron chi connectivity index (χ2n) is 7.12. The Balaban J connectivity index is 1.64. The van der Waals surface area contributed by atoms with Crippen molar-refractivity contribution in [3.05, 3.63) is 53.0 Å². The van der Waals surface area contributed by atoms with E-state index in [1.807, 2.05) is 0 Å². The summed E-state index contributed by atoms with van der Waals surface area (Å²) in [6, 6.07) is 1.20. The van der Waals surface area contributed by atoms with E-state index >= 15 is 0 Å². The molecule has 0 atom stereocenters. The maximum Gasteiger partial charge on any atom is 0.280 e. The van der Waals surface area contributed by atoms with Crippen LogP contribution < -0.4 is 10.6 Å². The molecule has 4 rings (SSSR count). The number of alkyl halides is 2. The molecular formula is C19H19F2N9O2. The van der Waals surface area contributed by atoms with Gasteiger partial charge in [0.15, 0.2) is 5.65 Å². The number of carbonyl (C=O) groups excluding carboxylic acids is 2. The van der Waals surface area contributed by atoms with Crippen molar-refractivity contribution in [3.63, 3.8) is 0 Å². The Labute approximate surface area is 180 Å². The third kappa shape index (κ3) is 3.57. The molecule has 0 fully saturated rings. The molecule has 0 radical (unpaired) electrons. The third-order valence-corrected chi connectivity index (χ3v) is 4.98. The third-order valence-electron chi connectivity index (χ3n) is 4.98. The lowest BCUT2D eigenvalue weighted by molar-refractivity contribution is 0.101. The topological polar surface area (TPSA) is 124 Å². The molecule has 0 saturated heterocycles. The first-order valence-corrected chi connectivity index (χ1v) is 9.44. The van der Waals surface area contributed by atoms with Crippen LogP contribution >= 0.6 is 0 Å². The van der Waals surface area contributed by atoms with Crippen LogP contribution in [0.2, 0.25) is 0 Å². The fourth-order valence-electron chi connectivity index (χ4n) is 3.22. The molecule has 4 aromatic rings. The van der Waals surface area contributed by atoms with Crippen LogP contribution in [-0.4, -0.2) is 46.0 Å². The molecule has 0 aliphatic heterocycles. The van der Waals surface area contributed by atoms with Gasteiger partial charge in [-0.15, -0.1) is 0 Å². The standard InChI is InChI=1S/C19H19F2N9O2/c1-9-5-14(16(20)21)30-17(25-9)11(6-24-30)18(31)27-13-8-23-29(4)15(13)19(32)26-12-7-22-28(3)10(12)2/h5-8,16H,1-4H3,(H,26,32)(H,27,31). The quantitative estimate of drug-likeness (QED) is 0.488. The van der Waals surface area contributed by atoms with E-state index < -0.39 is 18.2 Å². The number of hydrogen-bond acceptors (Lipinski definition) is 6. The molecule has 2 amide bonds. The van der Waals surface area contributed by atoms with Crippen molar-refractivity contribution < 1.29 is 18.4 Å². The van der Waals surface area contributed by atoms with Gasteiger partial charge < -0.3 is 10.6 Å². The van der Waals surface area contributed by atoms with Crippen LogP contribution in [0.5, 0.6) is 0 Å². The van der Waals surface area contributed by atoms with Crippen LogP contribution in [0.1, 0.15) is 44.4 Å². The summed E-state index contributed by atoms with van der Waals surface area (Å²) in [5.41, 5.74) is 1.39. The predicted octanol–water partition coefficient (Wildman–Crippen LogP) is 2.26. The van der Waals surface area contributed by atoms with Gasteiger partial charge in [-0.05, 0) is 19.9 Å². The molecule has 166 valence electrons. The molecule has 0 saturated carbocycles. The molecular weight excluding hydrogens is 424 g/mol. The van der Waals surface area contributed by atoms with Crippen molar-refractivity contribution in [3.8, 4) is 0 Å². The minimum Gasteiger partial charge on any atom is -0.318 e. The average Bonchev–Trinajstić information content (AvgIpc) is 3.40. The van der Waals surface area contributed by atoms with E-state index in [4.69, 9.17) is 0 Å². The van der Waals surface area contributed by atoms with Gasteiger partial charge in [0.2, 0.25) is 0 Å². The summed E-state index contributed by atoms with van der Waals surface area (Å²) in [4.78, 5) is 29.9. The Kier molecular flexibility index (Phi) is 5.16. The number of amides is 2. The minimum absolute atomic E-state index is 0.0151. The molecule has 0 aromatic carbocycles. The summed E-state index contributed by atoms with van der Waals surface area (Å²) in [6.07, 6.45) is 1.19. The maximum absolute atomic E-state index is 13.3. The Hall–Kier alpha value is -4.16. The van der Waals surface area contributed by atoms with Crippen LogP contribution in [0, 0.1) is 13.8 Å². The van der Waals surface area contributed by atoms with Gasteiger partial charge in [-0.3, -0.25) is 19.0 Å². The van der Waals surface area contributed by atoms with Crippen molar-refractivity contribution in [2.24, 2.45) is 14.1 Å². The molecule has 2 N–H and O–H groups in total. The van der Waals surface area contributed by atoms with Gasteiger partial charge in [-0.25, -0.2) is 18.3 Å². The minimum atomic E-state index is -2.79. The number of carbonyl (C=O) groups is 2. The van der Waals surface area contributed by atoms with E-state index in [0.717, 1.165) is 16.4 Å². The van der Waals surface area contributed by atoms with Crippen molar-refractivity contribution >= 4 is 28.8 Å². The van der Waals surface area contributed by atoms with E-state index in [9.17, 15) is 18.4 Å². The SMILES string of the molecule is Cc1cc(C(F)F)n2ncc(C(=O)Nc3cnn(C)c3C(=O)Nc3cnn(C)c3C)c2n1. The van der Waals surface area contributed by atoms with Gasteiger partial charge in [-0.1, -0.05) is 0 Å². The van der Waals surface area contributed by atoms with Crippen LogP contribution in [0.4, 0.5) is 20.2 Å². The number of halogens is 2. The van der Waals surface area contributed by atoms with E-state index in [0.29, 0.717) is 11.4 Å². The monoisotopic (exact) mass is 443 g/mol. The van der Waals surface area contributed by atoms with Crippen molar-refractivity contribution in [2.45, 2.75) is 20.3 Å². The second-order valence-corrected chi connectivity index (χ2v) is 7.12. The molecule has 0 aliphatic rings. The zero-order valence-electron chi connectivity index (χ0n) is 17.6. The van der Waals surface area contributed by atoms with Crippen LogP contribution in [-0.2, 0) is 14.1 Å². The number of fused-ring (bicyclic) bond motifs is 1. The van der Waals surface area contributed by atoms with Crippen LogP contribution in [0.25, 0.3) is 5.65 Å². The predicted molar refractivity (Wildman–Crippen MR) is 110 cm³/mol. The molecule has 4 aromatic heterocycles. The van der Waals surface area contributed by atoms with Gasteiger partial charge in [0.1, 0.15) is 17.0 Å². The van der Waals surface area contributed by atoms with E-state index in [1.54, 1.807) is 32.6 Å². The lowest BCUT2D eigenvalue weighted by Crippen LogP contribution is -2.20. The van der Waals surface area contributed by atoms with E-state index in [-0.39, 0.29) is 28.3 Å². The van der Waals surface area contributed by atoms with Gasteiger partial charge in [-0.2, -0.15) is 15.3 Å². The summed E-state index contributed by atoms with van der Waals surface area (Å²) in [6.45, 7) is 3.34. The lowest BCUT2D eigenvalue weighted by atomic mass is 10.2. The Morgan fingerprint density at radius 3 is 2.25 bits per heavy atom. The van der Waals surface area contributed by atoms with Gasteiger partial charge in [0, 0.05) is 19.8 Å². The number of rotatable bonds is 5. The zero-order valence-corrected chi connectivity index (χ0v) is 17.6. The number of hydrogen-bond donors (Lipinski definition) is 2. The van der Waals surface area contributed by atoms with Gasteiger partial charge in [0.25, 0.3) is 18.2 Å². The highest BCUT2D eigenvalue weighted by molar-refractivity contribution is 6.13. The Morgan fingerprint density at radius 1 is 0.938 bits per heavy atom. The molecule has 0 aliphatic carbocycles. The fourth-order valence-corrected chi connectivity index (χ4v) is 3.22. The van der Waals surface area contributed by atoms with Crippen molar-refractivity contribution in [1.82, 2.24) is 34.2 Å². The number of anilines is 2. The Bertz CT molecular complexity index is 1350. The largest absolute Gasteiger partial charge is 0.318 e. The number of nitrogens with zero attached hydrogens (tertiary/aromatic N) is 7. The molecule has 0 spiro atoms. The molecule has 0 bridgehead atoms. The highest BCUT2D eigenvalue weighted by Gasteiger charge is 2.24. The molecule has 13 heteroatoms. The van der Waals surface area contributed by atoms with E-state index in [2.05, 4.69) is 30.9 Å². The van der Waals surface area contributed by atoms with Gasteiger partial charge in [0.05, 0.1) is 35.7 Å². The van der Waals surface area contributed by atoms with E-state index in [1.165, 1.54) is 23.1 Å². The van der Waals surface area contributed by atoms with Crippen LogP contribution in [0.3, 0.4) is 0 Å². The number of nitrogens with one attached hydrogen (secondary N) is 2. The summed E-state index contributed by atoms with van der Waals surface area (Å²) < 4.78 is 30.5. The summed E-state index contributed by atoms with van der Waals surface area (Å²) in [7, 11) is 3.29. The molecule has 11 nitrogen and oxygen atoms in total. The lowest BCUT2D eigenvalue weighted by Gasteiger charge is -2.09. The smallest absolute Gasteiger partial charge is 0.280 e. The van der Waals surface area contributed by atoms with Crippen LogP contribution in [0.15, 0.2) is 24.7 Å². The molecule has 32 heavy (non-hydrogen) atoms. The van der Waals surface area contributed by atoms with Crippen molar-refractivity contribution in [1.29, 1.82) is 0 Å². The highest BCUT2D eigenvalue weighted by atomic mass is 19.3. The molecule has 4 heterocycles. The number of aryl methyl sites for hydroxylation is 3. The van der Waals surface area contributed by atoms with Gasteiger partial charge >= 0.3 is 0 Å². The normalized spacial score (nSPS) is 11.3. The highest BCUT2D eigenvalue weighted by Crippen LogP contribution is 2.23. The summed E-state index contributed by atoms with van der Waals surface area (Å²) in [5, 5.41) is 17.3. The first kappa shape index (κ1) is 21.1. The first-order chi connectivity index (χ1) is 15.2. The average molecular weight is 443 g/mol. The molecule has 0 unspecified atom stereocenters. The second kappa shape index (κ2) is 7.83.